The van der Waals surface area contributed by atoms with Crippen molar-refractivity contribution < 1.29 is 9.26 Å². The summed E-state index contributed by atoms with van der Waals surface area (Å²) in [6, 6.07) is 8.08. The number of benzene rings is 1. The molecule has 1 unspecified atom stereocenters. The first kappa shape index (κ1) is 14.7. The highest BCUT2D eigenvalue weighted by atomic mass is 16.5. The van der Waals surface area contributed by atoms with E-state index in [-0.39, 0.29) is 6.04 Å². The average molecular weight is 275 g/mol. The molecule has 2 rings (SSSR count). The van der Waals surface area contributed by atoms with Crippen LogP contribution in [0.3, 0.4) is 0 Å². The molecule has 1 heterocycles. The van der Waals surface area contributed by atoms with Crippen molar-refractivity contribution in [2.45, 2.75) is 32.2 Å². The number of ether oxygens (including phenoxy) is 1. The first-order valence-electron chi connectivity index (χ1n) is 6.77. The minimum absolute atomic E-state index is 0.128. The monoisotopic (exact) mass is 275 g/mol. The first-order chi connectivity index (χ1) is 9.60. The van der Waals surface area contributed by atoms with Crippen LogP contribution in [-0.2, 0) is 11.2 Å². The number of hydrogen-bond acceptors (Lipinski definition) is 5. The Kier molecular flexibility index (Phi) is 4.87. The van der Waals surface area contributed by atoms with Crippen LogP contribution >= 0.6 is 0 Å². The SMILES string of the molecule is COCC(N)Cc1nc(-c2ccc(C(C)C)cc2)no1. The van der Waals surface area contributed by atoms with E-state index in [2.05, 4.69) is 36.1 Å². The fraction of sp³-hybridized carbons (Fsp3) is 0.467. The zero-order valence-electron chi connectivity index (χ0n) is 12.2. The van der Waals surface area contributed by atoms with E-state index in [1.165, 1.54) is 5.56 Å². The van der Waals surface area contributed by atoms with Crippen LogP contribution in [-0.4, -0.2) is 29.9 Å². The number of methoxy groups -OCH3 is 1. The van der Waals surface area contributed by atoms with Crippen molar-refractivity contribution in [3.05, 3.63) is 35.7 Å². The van der Waals surface area contributed by atoms with Crippen LogP contribution in [0.15, 0.2) is 28.8 Å². The highest BCUT2D eigenvalue weighted by Gasteiger charge is 2.12. The Morgan fingerprint density at radius 3 is 2.55 bits per heavy atom. The second-order valence-corrected chi connectivity index (χ2v) is 5.21. The van der Waals surface area contributed by atoms with Crippen LogP contribution in [0.4, 0.5) is 0 Å². The molecule has 0 aliphatic heterocycles. The van der Waals surface area contributed by atoms with Crippen molar-refractivity contribution in [3.63, 3.8) is 0 Å². The van der Waals surface area contributed by atoms with Gasteiger partial charge in [-0.05, 0) is 11.5 Å². The van der Waals surface area contributed by atoms with E-state index in [1.807, 2.05) is 12.1 Å². The molecule has 0 radical (unpaired) electrons. The lowest BCUT2D eigenvalue weighted by molar-refractivity contribution is 0.176. The molecular weight excluding hydrogens is 254 g/mol. The van der Waals surface area contributed by atoms with Crippen LogP contribution in [0.2, 0.25) is 0 Å². The summed E-state index contributed by atoms with van der Waals surface area (Å²) in [4.78, 5) is 4.36. The van der Waals surface area contributed by atoms with Crippen LogP contribution in [0, 0.1) is 0 Å². The summed E-state index contributed by atoms with van der Waals surface area (Å²) in [5.74, 6) is 1.65. The summed E-state index contributed by atoms with van der Waals surface area (Å²) in [5.41, 5.74) is 8.10. The number of hydrogen-bond donors (Lipinski definition) is 1. The molecule has 20 heavy (non-hydrogen) atoms. The lowest BCUT2D eigenvalue weighted by atomic mass is 10.0. The van der Waals surface area contributed by atoms with Crippen molar-refractivity contribution in [1.29, 1.82) is 0 Å². The largest absolute Gasteiger partial charge is 0.383 e. The summed E-state index contributed by atoms with van der Waals surface area (Å²) in [5, 5.41) is 3.99. The highest BCUT2D eigenvalue weighted by molar-refractivity contribution is 5.54. The zero-order valence-corrected chi connectivity index (χ0v) is 12.2. The van der Waals surface area contributed by atoms with Crippen molar-refractivity contribution in [3.8, 4) is 11.4 Å². The maximum atomic E-state index is 5.86. The molecule has 1 atom stereocenters. The van der Waals surface area contributed by atoms with Gasteiger partial charge in [-0.25, -0.2) is 0 Å². The van der Waals surface area contributed by atoms with Crippen LogP contribution in [0.1, 0.15) is 31.2 Å². The first-order valence-corrected chi connectivity index (χ1v) is 6.77. The average Bonchev–Trinajstić information content (AvgIpc) is 2.87. The number of aromatic nitrogens is 2. The number of nitrogens with zero attached hydrogens (tertiary/aromatic N) is 2. The number of nitrogens with two attached hydrogens (primary N) is 1. The lowest BCUT2D eigenvalue weighted by Gasteiger charge is -2.05. The topological polar surface area (TPSA) is 74.2 Å². The Morgan fingerprint density at radius 2 is 1.95 bits per heavy atom. The molecule has 1 aromatic carbocycles. The van der Waals surface area contributed by atoms with Gasteiger partial charge in [0.05, 0.1) is 6.61 Å². The Balaban J connectivity index is 2.08. The Bertz CT molecular complexity index is 534. The minimum Gasteiger partial charge on any atom is -0.383 e. The summed E-state index contributed by atoms with van der Waals surface area (Å²) in [6.45, 7) is 4.80. The maximum absolute atomic E-state index is 5.86. The molecule has 1 aromatic heterocycles. The molecule has 2 aromatic rings. The normalized spacial score (nSPS) is 12.8. The van der Waals surface area contributed by atoms with E-state index in [0.717, 1.165) is 5.56 Å². The molecule has 0 amide bonds. The molecule has 0 aliphatic carbocycles. The predicted octanol–water partition coefficient (Wildman–Crippen LogP) is 2.38. The highest BCUT2D eigenvalue weighted by Crippen LogP contribution is 2.20. The van der Waals surface area contributed by atoms with Gasteiger partial charge < -0.3 is 15.0 Å². The second kappa shape index (κ2) is 6.63. The summed E-state index contributed by atoms with van der Waals surface area (Å²) in [7, 11) is 1.62. The molecule has 0 aliphatic rings. The molecule has 5 heteroatoms. The third kappa shape index (κ3) is 3.65. The van der Waals surface area contributed by atoms with Crippen LogP contribution < -0.4 is 5.73 Å². The van der Waals surface area contributed by atoms with Gasteiger partial charge in [-0.2, -0.15) is 4.98 Å². The smallest absolute Gasteiger partial charge is 0.228 e. The van der Waals surface area contributed by atoms with Gasteiger partial charge in [0, 0.05) is 25.1 Å². The zero-order chi connectivity index (χ0) is 14.5. The molecule has 0 fully saturated rings. The van der Waals surface area contributed by atoms with Gasteiger partial charge in [0.25, 0.3) is 0 Å². The van der Waals surface area contributed by atoms with Crippen LogP contribution in [0.25, 0.3) is 11.4 Å². The van der Waals surface area contributed by atoms with Gasteiger partial charge in [-0.15, -0.1) is 0 Å². The molecule has 0 saturated carbocycles. The fourth-order valence-electron chi connectivity index (χ4n) is 1.97. The Labute approximate surface area is 119 Å². The van der Waals surface area contributed by atoms with Crippen molar-refractivity contribution in [2.75, 3.05) is 13.7 Å². The molecule has 5 nitrogen and oxygen atoms in total. The fourth-order valence-corrected chi connectivity index (χ4v) is 1.97. The lowest BCUT2D eigenvalue weighted by Crippen LogP contribution is -2.28. The molecule has 0 saturated heterocycles. The van der Waals surface area contributed by atoms with E-state index in [9.17, 15) is 0 Å². The molecule has 108 valence electrons. The summed E-state index contributed by atoms with van der Waals surface area (Å²) < 4.78 is 10.2. The molecule has 2 N–H and O–H groups in total. The van der Waals surface area contributed by atoms with E-state index in [0.29, 0.717) is 30.7 Å². The number of rotatable bonds is 6. The summed E-state index contributed by atoms with van der Waals surface area (Å²) in [6.07, 6.45) is 0.519. The van der Waals surface area contributed by atoms with E-state index < -0.39 is 0 Å². The third-order valence-electron chi connectivity index (χ3n) is 3.12. The summed E-state index contributed by atoms with van der Waals surface area (Å²) >= 11 is 0. The minimum atomic E-state index is -0.128. The van der Waals surface area contributed by atoms with Crippen LogP contribution in [0.5, 0.6) is 0 Å². The maximum Gasteiger partial charge on any atom is 0.228 e. The Morgan fingerprint density at radius 1 is 1.25 bits per heavy atom. The molecule has 0 bridgehead atoms. The molecule has 0 spiro atoms. The van der Waals surface area contributed by atoms with E-state index in [1.54, 1.807) is 7.11 Å². The van der Waals surface area contributed by atoms with Gasteiger partial charge in [0.2, 0.25) is 11.7 Å². The van der Waals surface area contributed by atoms with Gasteiger partial charge >= 0.3 is 0 Å². The quantitative estimate of drug-likeness (QED) is 0.876. The second-order valence-electron chi connectivity index (χ2n) is 5.21. The van der Waals surface area contributed by atoms with E-state index in [4.69, 9.17) is 15.0 Å². The van der Waals surface area contributed by atoms with Gasteiger partial charge in [-0.1, -0.05) is 43.3 Å². The van der Waals surface area contributed by atoms with Crippen molar-refractivity contribution >= 4 is 0 Å². The van der Waals surface area contributed by atoms with Crippen molar-refractivity contribution in [1.82, 2.24) is 10.1 Å². The van der Waals surface area contributed by atoms with Gasteiger partial charge in [0.15, 0.2) is 0 Å². The third-order valence-corrected chi connectivity index (χ3v) is 3.12. The van der Waals surface area contributed by atoms with Gasteiger partial charge in [-0.3, -0.25) is 0 Å². The standard InChI is InChI=1S/C15H21N3O2/c1-10(2)11-4-6-12(7-5-11)15-17-14(20-18-15)8-13(16)9-19-3/h4-7,10,13H,8-9,16H2,1-3H3. The predicted molar refractivity (Wildman–Crippen MR) is 77.4 cm³/mol. The Hall–Kier alpha value is -1.72. The van der Waals surface area contributed by atoms with E-state index >= 15 is 0 Å². The van der Waals surface area contributed by atoms with Gasteiger partial charge in [0.1, 0.15) is 0 Å². The van der Waals surface area contributed by atoms with Crippen molar-refractivity contribution in [2.24, 2.45) is 5.73 Å². The molecular formula is C15H21N3O2.